The van der Waals surface area contributed by atoms with Gasteiger partial charge in [0.05, 0.1) is 15.5 Å². The molecular formula is C16H12IN3OS. The van der Waals surface area contributed by atoms with Gasteiger partial charge in [0.1, 0.15) is 5.69 Å². The molecule has 110 valence electrons. The van der Waals surface area contributed by atoms with Crippen LogP contribution in [0.5, 0.6) is 0 Å². The summed E-state index contributed by atoms with van der Waals surface area (Å²) in [5, 5.41) is 9.53. The summed E-state index contributed by atoms with van der Waals surface area (Å²) in [7, 11) is 0. The highest BCUT2D eigenvalue weighted by Crippen LogP contribution is 2.33. The summed E-state index contributed by atoms with van der Waals surface area (Å²) in [6.07, 6.45) is 1.63. The molecule has 0 bridgehead atoms. The van der Waals surface area contributed by atoms with Gasteiger partial charge in [-0.15, -0.1) is 0 Å². The van der Waals surface area contributed by atoms with Crippen molar-refractivity contribution in [2.24, 2.45) is 0 Å². The number of nitrogens with zero attached hydrogens (tertiary/aromatic N) is 1. The number of amides is 1. The molecule has 0 saturated carbocycles. The molecule has 22 heavy (non-hydrogen) atoms. The summed E-state index contributed by atoms with van der Waals surface area (Å²) in [5.41, 5.74) is 1.26. The summed E-state index contributed by atoms with van der Waals surface area (Å²) in [6, 6.07) is 17.8. The average molecular weight is 421 g/mol. The van der Waals surface area contributed by atoms with Crippen molar-refractivity contribution in [2.45, 2.75) is 9.79 Å². The first-order valence-corrected chi connectivity index (χ1v) is 8.46. The summed E-state index contributed by atoms with van der Waals surface area (Å²) in [6.45, 7) is 0. The maximum Gasteiger partial charge on any atom is 0.274 e. The van der Waals surface area contributed by atoms with Crippen molar-refractivity contribution in [3.8, 4) is 0 Å². The Morgan fingerprint density at radius 3 is 2.55 bits per heavy atom. The highest BCUT2D eigenvalue weighted by atomic mass is 127. The smallest absolute Gasteiger partial charge is 0.274 e. The van der Waals surface area contributed by atoms with Gasteiger partial charge in [0.2, 0.25) is 0 Å². The predicted molar refractivity (Wildman–Crippen MR) is 96.3 cm³/mol. The number of hydrogen-bond donors (Lipinski definition) is 2. The molecule has 2 N–H and O–H groups in total. The van der Waals surface area contributed by atoms with E-state index in [0.717, 1.165) is 19.0 Å². The van der Waals surface area contributed by atoms with Crippen molar-refractivity contribution in [3.05, 3.63) is 70.1 Å². The summed E-state index contributed by atoms with van der Waals surface area (Å²) >= 11 is 3.70. The Kier molecular flexibility index (Phi) is 4.79. The van der Waals surface area contributed by atoms with Gasteiger partial charge in [0, 0.05) is 9.79 Å². The van der Waals surface area contributed by atoms with Crippen LogP contribution < -0.4 is 5.32 Å². The molecule has 1 aromatic heterocycles. The second-order valence-electron chi connectivity index (χ2n) is 4.46. The van der Waals surface area contributed by atoms with Crippen molar-refractivity contribution in [3.63, 3.8) is 0 Å². The van der Waals surface area contributed by atoms with Crippen LogP contribution >= 0.6 is 34.4 Å². The fourth-order valence-corrected chi connectivity index (χ4v) is 3.32. The molecule has 1 amide bonds. The van der Waals surface area contributed by atoms with E-state index in [0.29, 0.717) is 5.69 Å². The topological polar surface area (TPSA) is 57.8 Å². The van der Waals surface area contributed by atoms with Crippen molar-refractivity contribution in [1.29, 1.82) is 0 Å². The zero-order chi connectivity index (χ0) is 15.4. The number of nitrogens with one attached hydrogen (secondary N) is 2. The second-order valence-corrected chi connectivity index (χ2v) is 6.74. The quantitative estimate of drug-likeness (QED) is 0.614. The minimum absolute atomic E-state index is 0.192. The minimum Gasteiger partial charge on any atom is -0.320 e. The number of anilines is 1. The first-order chi connectivity index (χ1) is 10.7. The Morgan fingerprint density at radius 2 is 1.82 bits per heavy atom. The van der Waals surface area contributed by atoms with Crippen LogP contribution in [0, 0.1) is 3.57 Å². The molecular weight excluding hydrogens is 409 g/mol. The number of aromatic nitrogens is 2. The van der Waals surface area contributed by atoms with E-state index in [1.54, 1.807) is 18.0 Å². The molecule has 2 aromatic carbocycles. The van der Waals surface area contributed by atoms with Gasteiger partial charge in [-0.1, -0.05) is 42.1 Å². The van der Waals surface area contributed by atoms with Crippen LogP contribution in [0.15, 0.2) is 70.6 Å². The molecule has 0 aliphatic heterocycles. The summed E-state index contributed by atoms with van der Waals surface area (Å²) < 4.78 is 0.795. The monoisotopic (exact) mass is 421 g/mol. The Balaban J connectivity index is 1.83. The molecule has 0 aliphatic carbocycles. The standard InChI is InChI=1S/C16H12IN3OS/c17-12-10-18-20-15(12)16(21)19-13-8-4-5-9-14(13)22-11-6-2-1-3-7-11/h1-10H,(H,18,20)(H,19,21). The van der Waals surface area contributed by atoms with E-state index in [-0.39, 0.29) is 5.91 Å². The van der Waals surface area contributed by atoms with Gasteiger partial charge in [-0.3, -0.25) is 9.89 Å². The van der Waals surface area contributed by atoms with Gasteiger partial charge in [-0.05, 0) is 46.9 Å². The van der Waals surface area contributed by atoms with Crippen LogP contribution in [0.3, 0.4) is 0 Å². The van der Waals surface area contributed by atoms with Gasteiger partial charge in [-0.25, -0.2) is 0 Å². The molecule has 3 rings (SSSR count). The van der Waals surface area contributed by atoms with E-state index < -0.39 is 0 Å². The van der Waals surface area contributed by atoms with Gasteiger partial charge < -0.3 is 5.32 Å². The first kappa shape index (κ1) is 15.1. The SMILES string of the molecule is O=C(Nc1ccccc1Sc1ccccc1)c1[nH]ncc1I. The zero-order valence-corrected chi connectivity index (χ0v) is 14.4. The van der Waals surface area contributed by atoms with E-state index >= 15 is 0 Å². The van der Waals surface area contributed by atoms with Crippen LogP contribution in [0.2, 0.25) is 0 Å². The van der Waals surface area contributed by atoms with E-state index in [2.05, 4.69) is 38.1 Å². The van der Waals surface area contributed by atoms with Crippen LogP contribution in [0.4, 0.5) is 5.69 Å². The predicted octanol–water partition coefficient (Wildman–Crippen LogP) is 4.42. The van der Waals surface area contributed by atoms with Crippen LogP contribution in [0.1, 0.15) is 10.5 Å². The van der Waals surface area contributed by atoms with E-state index in [1.807, 2.05) is 54.6 Å². The Labute approximate surface area is 145 Å². The molecule has 0 spiro atoms. The van der Waals surface area contributed by atoms with E-state index in [9.17, 15) is 4.79 Å². The van der Waals surface area contributed by atoms with Crippen molar-refractivity contribution in [2.75, 3.05) is 5.32 Å². The highest BCUT2D eigenvalue weighted by Gasteiger charge is 2.14. The molecule has 3 aromatic rings. The van der Waals surface area contributed by atoms with E-state index in [1.165, 1.54) is 0 Å². The molecule has 0 radical (unpaired) electrons. The third-order valence-electron chi connectivity index (χ3n) is 2.93. The molecule has 0 atom stereocenters. The normalized spacial score (nSPS) is 10.4. The number of carbonyl (C=O) groups excluding carboxylic acids is 1. The number of benzene rings is 2. The molecule has 0 saturated heterocycles. The van der Waals surface area contributed by atoms with Crippen LogP contribution in [-0.4, -0.2) is 16.1 Å². The summed E-state index contributed by atoms with van der Waals surface area (Å²) in [4.78, 5) is 14.4. The van der Waals surface area contributed by atoms with E-state index in [4.69, 9.17) is 0 Å². The van der Waals surface area contributed by atoms with Gasteiger partial charge in [0.15, 0.2) is 0 Å². The number of carbonyl (C=O) groups is 1. The molecule has 1 heterocycles. The third kappa shape index (κ3) is 3.50. The number of hydrogen-bond acceptors (Lipinski definition) is 3. The van der Waals surface area contributed by atoms with Crippen molar-refractivity contribution >= 4 is 45.9 Å². The summed E-state index contributed by atoms with van der Waals surface area (Å²) in [5.74, 6) is -0.192. The van der Waals surface area contributed by atoms with Crippen LogP contribution in [-0.2, 0) is 0 Å². The molecule has 0 unspecified atom stereocenters. The Hall–Kier alpha value is -1.80. The number of aromatic amines is 1. The fraction of sp³-hybridized carbons (Fsp3) is 0. The van der Waals surface area contributed by atoms with Gasteiger partial charge >= 0.3 is 0 Å². The Morgan fingerprint density at radius 1 is 1.09 bits per heavy atom. The van der Waals surface area contributed by atoms with Gasteiger partial charge in [-0.2, -0.15) is 5.10 Å². The van der Waals surface area contributed by atoms with Crippen LogP contribution in [0.25, 0.3) is 0 Å². The lowest BCUT2D eigenvalue weighted by molar-refractivity contribution is 0.102. The van der Waals surface area contributed by atoms with Crippen molar-refractivity contribution < 1.29 is 4.79 Å². The number of halogens is 1. The lowest BCUT2D eigenvalue weighted by Gasteiger charge is -2.10. The second kappa shape index (κ2) is 6.97. The largest absolute Gasteiger partial charge is 0.320 e. The lowest BCUT2D eigenvalue weighted by Crippen LogP contribution is -2.14. The third-order valence-corrected chi connectivity index (χ3v) is 4.83. The fourth-order valence-electron chi connectivity index (χ4n) is 1.89. The molecule has 4 nitrogen and oxygen atoms in total. The number of H-pyrrole nitrogens is 1. The lowest BCUT2D eigenvalue weighted by atomic mass is 10.3. The number of rotatable bonds is 4. The zero-order valence-electron chi connectivity index (χ0n) is 11.4. The first-order valence-electron chi connectivity index (χ1n) is 6.56. The minimum atomic E-state index is -0.192. The highest BCUT2D eigenvalue weighted by molar-refractivity contribution is 14.1. The molecule has 6 heteroatoms. The molecule has 0 fully saturated rings. The molecule has 0 aliphatic rings. The van der Waals surface area contributed by atoms with Gasteiger partial charge in [0.25, 0.3) is 5.91 Å². The Bertz CT molecular complexity index is 789. The number of para-hydroxylation sites is 1. The van der Waals surface area contributed by atoms with Crippen molar-refractivity contribution in [1.82, 2.24) is 10.2 Å². The average Bonchev–Trinajstić information content (AvgIpc) is 2.96. The maximum atomic E-state index is 12.3. The maximum absolute atomic E-state index is 12.3.